The second-order valence-corrected chi connectivity index (χ2v) is 15.4. The molecule has 0 saturated carbocycles. The minimum atomic E-state index is -0.647. The summed E-state index contributed by atoms with van der Waals surface area (Å²) in [5.41, 5.74) is 1.33. The molecule has 50 heavy (non-hydrogen) atoms. The number of nitrogens with one attached hydrogen (secondary N) is 3. The topological polar surface area (TPSA) is 205 Å². The number of hydrogen-bond acceptors (Lipinski definition) is 13. The van der Waals surface area contributed by atoms with E-state index < -0.39 is 30.3 Å². The van der Waals surface area contributed by atoms with Crippen LogP contribution >= 0.6 is 33.3 Å². The highest BCUT2D eigenvalue weighted by molar-refractivity contribution is 8.93. The van der Waals surface area contributed by atoms with Crippen LogP contribution in [0, 0.1) is 0 Å². The summed E-state index contributed by atoms with van der Waals surface area (Å²) in [5.74, 6) is -2.87. The van der Waals surface area contributed by atoms with Crippen molar-refractivity contribution in [3.8, 4) is 0 Å². The van der Waals surface area contributed by atoms with E-state index >= 15 is 0 Å². The van der Waals surface area contributed by atoms with Crippen LogP contribution in [0.25, 0.3) is 0 Å². The van der Waals surface area contributed by atoms with Crippen LogP contribution in [0.5, 0.6) is 0 Å². The van der Waals surface area contributed by atoms with Gasteiger partial charge in [-0.25, -0.2) is 0 Å². The van der Waals surface area contributed by atoms with Crippen LogP contribution < -0.4 is 16.0 Å². The summed E-state index contributed by atoms with van der Waals surface area (Å²) in [6.07, 6.45) is 1.14. The van der Waals surface area contributed by atoms with Gasteiger partial charge in [0.2, 0.25) is 35.4 Å². The highest BCUT2D eigenvalue weighted by Gasteiger charge is 2.39. The first kappa shape index (κ1) is 40.7. The van der Waals surface area contributed by atoms with Crippen molar-refractivity contribution in [1.82, 2.24) is 20.4 Å². The molecule has 1 aromatic rings. The number of amides is 6. The summed E-state index contributed by atoms with van der Waals surface area (Å²) < 4.78 is 4.99. The second kappa shape index (κ2) is 20.8. The predicted octanol–water partition coefficient (Wildman–Crippen LogP) is 1.09. The summed E-state index contributed by atoms with van der Waals surface area (Å²) in [6, 6.07) is 6.82. The van der Waals surface area contributed by atoms with Crippen molar-refractivity contribution in [2.75, 3.05) is 50.6 Å². The number of thioether (sulfide) groups is 1. The molecule has 0 spiro atoms. The zero-order valence-corrected chi connectivity index (χ0v) is 30.3. The van der Waals surface area contributed by atoms with Gasteiger partial charge in [0, 0.05) is 37.9 Å². The molecule has 1 unspecified atom stereocenters. The standard InChI is InChI=1S/C32H41N5O10S3/c1-3-26(41)33-19-34-27(42)11-8-21-6-9-22(10-7-21)35-28(43)16-47-17-30(45)36(15-24(40)32-49-50-32)14-23(39)5-4-12-37-29(44)13-25(31(37)46)48-18-20(2)38/h6-7,9-10,25,32H,3-5,8,11-19H2,1-2H3,(H,33,41)(H,34,42)(H,35,43). The van der Waals surface area contributed by atoms with Crippen molar-refractivity contribution in [3.05, 3.63) is 29.8 Å². The van der Waals surface area contributed by atoms with E-state index in [1.165, 1.54) is 28.5 Å². The molecule has 0 aliphatic carbocycles. The van der Waals surface area contributed by atoms with Gasteiger partial charge in [-0.3, -0.25) is 48.1 Å². The highest BCUT2D eigenvalue weighted by atomic mass is 33.2. The fraction of sp³-hybridized carbons (Fsp3) is 0.531. The number of ketones is 3. The summed E-state index contributed by atoms with van der Waals surface area (Å²) in [5, 5.41) is 7.20. The van der Waals surface area contributed by atoms with Crippen LogP contribution in [0.1, 0.15) is 51.5 Å². The fourth-order valence-electron chi connectivity index (χ4n) is 4.58. The number of benzene rings is 1. The number of hydrogen-bond donors (Lipinski definition) is 3. The van der Waals surface area contributed by atoms with Crippen molar-refractivity contribution < 1.29 is 47.9 Å². The molecule has 0 aromatic heterocycles. The lowest BCUT2D eigenvalue weighted by molar-refractivity contribution is -0.142. The molecule has 18 heteroatoms. The number of aryl methyl sites for hydroxylation is 1. The minimum Gasteiger partial charge on any atom is -0.362 e. The number of carbonyl (C=O) groups is 9. The van der Waals surface area contributed by atoms with Crippen LogP contribution in [0.4, 0.5) is 5.69 Å². The molecular formula is C32H41N5O10S3. The third-order valence-corrected chi connectivity index (χ3v) is 10.7. The molecule has 1 aromatic carbocycles. The lowest BCUT2D eigenvalue weighted by Gasteiger charge is -2.21. The zero-order valence-electron chi connectivity index (χ0n) is 27.9. The van der Waals surface area contributed by atoms with E-state index in [0.29, 0.717) is 18.5 Å². The van der Waals surface area contributed by atoms with Crippen molar-refractivity contribution in [2.45, 2.75) is 62.2 Å². The molecule has 15 nitrogen and oxygen atoms in total. The van der Waals surface area contributed by atoms with Gasteiger partial charge in [0.15, 0.2) is 11.6 Å². The number of ether oxygens (including phenoxy) is 1. The smallest absolute Gasteiger partial charge is 0.250 e. The molecule has 2 heterocycles. The van der Waals surface area contributed by atoms with Gasteiger partial charge in [0.25, 0.3) is 0 Å². The molecule has 0 bridgehead atoms. The Bertz CT molecular complexity index is 1450. The van der Waals surface area contributed by atoms with Gasteiger partial charge in [-0.15, -0.1) is 11.8 Å². The Kier molecular flexibility index (Phi) is 16.9. The van der Waals surface area contributed by atoms with Gasteiger partial charge in [0.05, 0.1) is 30.8 Å². The first-order valence-electron chi connectivity index (χ1n) is 16.0. The van der Waals surface area contributed by atoms with Gasteiger partial charge in [0.1, 0.15) is 23.6 Å². The second-order valence-electron chi connectivity index (χ2n) is 11.4. The lowest BCUT2D eigenvalue weighted by atomic mass is 10.1. The largest absolute Gasteiger partial charge is 0.362 e. The van der Waals surface area contributed by atoms with Crippen LogP contribution in [0.3, 0.4) is 0 Å². The molecule has 2 fully saturated rings. The minimum absolute atomic E-state index is 0.00175. The van der Waals surface area contributed by atoms with Gasteiger partial charge < -0.3 is 25.6 Å². The molecule has 2 saturated heterocycles. The Morgan fingerprint density at radius 2 is 1.64 bits per heavy atom. The first-order valence-corrected chi connectivity index (χ1v) is 19.3. The Morgan fingerprint density at radius 3 is 2.30 bits per heavy atom. The maximum absolute atomic E-state index is 12.9. The normalized spacial score (nSPS) is 15.4. The Balaban J connectivity index is 1.39. The lowest BCUT2D eigenvalue weighted by Crippen LogP contribution is -2.42. The zero-order chi connectivity index (χ0) is 36.6. The van der Waals surface area contributed by atoms with Crippen LogP contribution in [-0.2, 0) is 54.3 Å². The molecule has 2 aliphatic heterocycles. The predicted molar refractivity (Wildman–Crippen MR) is 189 cm³/mol. The maximum atomic E-state index is 12.9. The molecular weight excluding hydrogens is 711 g/mol. The van der Waals surface area contributed by atoms with E-state index in [2.05, 4.69) is 16.0 Å². The summed E-state index contributed by atoms with van der Waals surface area (Å²) in [4.78, 5) is 112. The van der Waals surface area contributed by atoms with Crippen LogP contribution in [-0.4, -0.2) is 118 Å². The van der Waals surface area contributed by atoms with Gasteiger partial charge >= 0.3 is 0 Å². The van der Waals surface area contributed by atoms with Gasteiger partial charge in [-0.1, -0.05) is 40.6 Å². The van der Waals surface area contributed by atoms with Crippen LogP contribution in [0.2, 0.25) is 0 Å². The molecule has 1 atom stereocenters. The highest BCUT2D eigenvalue weighted by Crippen LogP contribution is 2.53. The van der Waals surface area contributed by atoms with Gasteiger partial charge in [-0.2, -0.15) is 0 Å². The molecule has 272 valence electrons. The fourth-order valence-corrected chi connectivity index (χ4v) is 6.77. The Hall–Kier alpha value is -3.74. The number of Topliss-reactive ketones (excluding diaryl/α,β-unsaturated/α-hetero) is 3. The molecule has 3 rings (SSSR count). The third kappa shape index (κ3) is 14.6. The SMILES string of the molecule is CCC(=O)NCNC(=O)CCc1ccc(NC(=O)COCC(=O)N(CC(=O)CCCN2C(=O)CC(SCC(C)=O)C2=O)CC(=O)C2SS2)cc1. The van der Waals surface area contributed by atoms with Crippen molar-refractivity contribution in [1.29, 1.82) is 0 Å². The van der Waals surface area contributed by atoms with Crippen molar-refractivity contribution in [3.63, 3.8) is 0 Å². The number of anilines is 1. The number of likely N-dealkylation sites (tertiary alicyclic amines) is 1. The van der Waals surface area contributed by atoms with E-state index in [0.717, 1.165) is 27.1 Å². The number of imide groups is 1. The number of nitrogens with zero attached hydrogens (tertiary/aromatic N) is 2. The number of carbonyl (C=O) groups excluding carboxylic acids is 9. The first-order chi connectivity index (χ1) is 23.9. The van der Waals surface area contributed by atoms with Crippen molar-refractivity contribution in [2.24, 2.45) is 0 Å². The number of rotatable bonds is 23. The summed E-state index contributed by atoms with van der Waals surface area (Å²) in [6.45, 7) is 1.54. The van der Waals surface area contributed by atoms with E-state index in [9.17, 15) is 43.2 Å². The Morgan fingerprint density at radius 1 is 0.940 bits per heavy atom. The maximum Gasteiger partial charge on any atom is 0.250 e. The van der Waals surface area contributed by atoms with Gasteiger partial charge in [-0.05, 0) is 37.5 Å². The van der Waals surface area contributed by atoms with Crippen molar-refractivity contribution >= 4 is 91.8 Å². The monoisotopic (exact) mass is 751 g/mol. The molecule has 2 aliphatic rings. The van der Waals surface area contributed by atoms with E-state index in [1.807, 2.05) is 0 Å². The molecule has 6 amide bonds. The quantitative estimate of drug-likeness (QED) is 0.0621. The average molecular weight is 752 g/mol. The van der Waals surface area contributed by atoms with E-state index in [-0.39, 0.29) is 103 Å². The summed E-state index contributed by atoms with van der Waals surface area (Å²) in [7, 11) is 2.71. The van der Waals surface area contributed by atoms with Crippen LogP contribution in [0.15, 0.2) is 24.3 Å². The van der Waals surface area contributed by atoms with E-state index in [1.54, 1.807) is 31.2 Å². The molecule has 3 N–H and O–H groups in total. The Labute approximate surface area is 301 Å². The summed E-state index contributed by atoms with van der Waals surface area (Å²) >= 11 is 1.12. The van der Waals surface area contributed by atoms with E-state index in [4.69, 9.17) is 4.74 Å². The third-order valence-electron chi connectivity index (χ3n) is 7.28. The molecule has 0 radical (unpaired) electrons. The average Bonchev–Trinajstić information content (AvgIpc) is 3.89.